The number of aromatic nitrogens is 3. The predicted molar refractivity (Wildman–Crippen MR) is 98.7 cm³/mol. The summed E-state index contributed by atoms with van der Waals surface area (Å²) in [6.07, 6.45) is 5.37. The fourth-order valence-corrected chi connectivity index (χ4v) is 3.07. The molecule has 0 N–H and O–H groups in total. The number of carbonyl (C=O) groups is 1. The number of halogens is 2. The summed E-state index contributed by atoms with van der Waals surface area (Å²) < 4.78 is 27.8. The van der Waals surface area contributed by atoms with Crippen LogP contribution in [-0.2, 0) is 4.79 Å². The van der Waals surface area contributed by atoms with E-state index in [-0.39, 0.29) is 11.9 Å². The van der Waals surface area contributed by atoms with E-state index in [4.69, 9.17) is 0 Å². The van der Waals surface area contributed by atoms with Gasteiger partial charge in [-0.15, -0.1) is 0 Å². The Bertz CT molecular complexity index is 1050. The van der Waals surface area contributed by atoms with E-state index in [0.717, 1.165) is 16.6 Å². The molecule has 5 nitrogen and oxygen atoms in total. The number of hydrogen-bond acceptors (Lipinski definition) is 3. The minimum atomic E-state index is -0.959. The predicted octanol–water partition coefficient (Wildman–Crippen LogP) is 3.61. The molecule has 136 valence electrons. The first-order valence-corrected chi connectivity index (χ1v) is 8.43. The lowest BCUT2D eigenvalue weighted by atomic mass is 10.1. The van der Waals surface area contributed by atoms with Crippen LogP contribution in [-0.4, -0.2) is 38.7 Å². The minimum absolute atomic E-state index is 0.0707. The summed E-state index contributed by atoms with van der Waals surface area (Å²) in [6, 6.07) is 9.84. The molecule has 7 heteroatoms. The van der Waals surface area contributed by atoms with Crippen LogP contribution in [0.2, 0.25) is 0 Å². The molecule has 0 radical (unpaired) electrons. The van der Waals surface area contributed by atoms with Crippen molar-refractivity contribution in [3.63, 3.8) is 0 Å². The van der Waals surface area contributed by atoms with Crippen molar-refractivity contribution in [3.05, 3.63) is 72.1 Å². The van der Waals surface area contributed by atoms with E-state index in [9.17, 15) is 13.6 Å². The van der Waals surface area contributed by atoms with E-state index >= 15 is 0 Å². The molecule has 1 amide bonds. The van der Waals surface area contributed by atoms with Gasteiger partial charge >= 0.3 is 0 Å². The van der Waals surface area contributed by atoms with Crippen molar-refractivity contribution >= 4 is 29.1 Å². The van der Waals surface area contributed by atoms with Crippen molar-refractivity contribution in [3.8, 4) is 0 Å². The van der Waals surface area contributed by atoms with E-state index in [1.54, 1.807) is 23.0 Å². The summed E-state index contributed by atoms with van der Waals surface area (Å²) in [5.74, 6) is -1.93. The highest BCUT2D eigenvalue weighted by atomic mass is 19.1. The first kappa shape index (κ1) is 17.1. The molecule has 0 unspecified atom stereocenters. The zero-order valence-electron chi connectivity index (χ0n) is 14.3. The van der Waals surface area contributed by atoms with Gasteiger partial charge in [-0.3, -0.25) is 4.79 Å². The van der Waals surface area contributed by atoms with Gasteiger partial charge in [0.1, 0.15) is 5.82 Å². The van der Waals surface area contributed by atoms with Gasteiger partial charge in [0.2, 0.25) is 0 Å². The third-order valence-corrected chi connectivity index (χ3v) is 4.53. The Hall–Kier alpha value is -3.35. The van der Waals surface area contributed by atoms with Gasteiger partial charge in [-0.1, -0.05) is 24.8 Å². The van der Waals surface area contributed by atoms with Gasteiger partial charge in [0.15, 0.2) is 11.5 Å². The summed E-state index contributed by atoms with van der Waals surface area (Å²) in [5.41, 5.74) is 2.28. The Labute approximate surface area is 154 Å². The second-order valence-electron chi connectivity index (χ2n) is 6.36. The first-order valence-electron chi connectivity index (χ1n) is 8.43. The van der Waals surface area contributed by atoms with Crippen LogP contribution in [0.5, 0.6) is 0 Å². The maximum atomic E-state index is 13.0. The zero-order chi connectivity index (χ0) is 19.0. The zero-order valence-corrected chi connectivity index (χ0v) is 14.3. The minimum Gasteiger partial charge on any atom is -0.332 e. The molecule has 0 spiro atoms. The quantitative estimate of drug-likeness (QED) is 0.663. The Balaban J connectivity index is 1.61. The summed E-state index contributed by atoms with van der Waals surface area (Å²) >= 11 is 0. The second kappa shape index (κ2) is 6.75. The molecule has 4 rings (SSSR count). The molecule has 1 fully saturated rings. The Morgan fingerprint density at radius 3 is 2.63 bits per heavy atom. The molecule has 3 heterocycles. The summed E-state index contributed by atoms with van der Waals surface area (Å²) in [5, 5.41) is 5.49. The molecule has 0 atom stereocenters. The fourth-order valence-electron chi connectivity index (χ4n) is 3.07. The number of hydrogen-bond donors (Lipinski definition) is 0. The second-order valence-corrected chi connectivity index (χ2v) is 6.36. The maximum Gasteiger partial charge on any atom is 0.282 e. The maximum absolute atomic E-state index is 13.0. The third kappa shape index (κ3) is 3.23. The average Bonchev–Trinajstić information content (AvgIpc) is 2.98. The number of nitrogens with zero attached hydrogens (tertiary/aromatic N) is 4. The number of carbonyl (C=O) groups excluding carboxylic acids is 1. The lowest BCUT2D eigenvalue weighted by molar-refractivity contribution is -0.134. The van der Waals surface area contributed by atoms with E-state index in [1.807, 2.05) is 24.3 Å². The summed E-state index contributed by atoms with van der Waals surface area (Å²) in [7, 11) is 0. The Morgan fingerprint density at radius 1 is 1.19 bits per heavy atom. The van der Waals surface area contributed by atoms with Gasteiger partial charge in [-0.2, -0.15) is 5.10 Å². The molecule has 0 saturated carbocycles. The lowest BCUT2D eigenvalue weighted by Gasteiger charge is -2.38. The summed E-state index contributed by atoms with van der Waals surface area (Å²) in [4.78, 5) is 17.4. The van der Waals surface area contributed by atoms with Crippen LogP contribution in [0.3, 0.4) is 0 Å². The molecular weight excluding hydrogens is 350 g/mol. The SMILES string of the molecule is C=C(F)C(=O)N1CC(n2nc(C=Cc3ccc(F)cc3)c3cccnc32)C1. The molecule has 0 bridgehead atoms. The molecule has 2 aromatic heterocycles. The smallest absolute Gasteiger partial charge is 0.282 e. The van der Waals surface area contributed by atoms with Crippen LogP contribution in [0.15, 0.2) is 55.0 Å². The standard InChI is InChI=1S/C20H16F2N4O/c1-13(21)20(27)25-11-16(12-25)26-19-17(3-2-10-23-19)18(24-26)9-6-14-4-7-15(22)8-5-14/h2-10,16H,1,11-12H2. The van der Waals surface area contributed by atoms with E-state index in [0.29, 0.717) is 18.7 Å². The Morgan fingerprint density at radius 2 is 1.93 bits per heavy atom. The largest absolute Gasteiger partial charge is 0.332 e. The molecule has 1 aromatic carbocycles. The van der Waals surface area contributed by atoms with E-state index in [1.165, 1.54) is 17.0 Å². The molecule has 1 saturated heterocycles. The topological polar surface area (TPSA) is 51.0 Å². The van der Waals surface area contributed by atoms with Crippen LogP contribution >= 0.6 is 0 Å². The number of rotatable bonds is 4. The van der Waals surface area contributed by atoms with Crippen molar-refractivity contribution in [2.45, 2.75) is 6.04 Å². The van der Waals surface area contributed by atoms with Gasteiger partial charge in [0.25, 0.3) is 5.91 Å². The van der Waals surface area contributed by atoms with Gasteiger partial charge in [0.05, 0.1) is 11.7 Å². The van der Waals surface area contributed by atoms with E-state index in [2.05, 4.69) is 16.7 Å². The van der Waals surface area contributed by atoms with Crippen molar-refractivity contribution < 1.29 is 13.6 Å². The van der Waals surface area contributed by atoms with Crippen molar-refractivity contribution in [1.29, 1.82) is 0 Å². The van der Waals surface area contributed by atoms with Crippen LogP contribution in [0, 0.1) is 5.82 Å². The number of pyridine rings is 1. The number of fused-ring (bicyclic) bond motifs is 1. The van der Waals surface area contributed by atoms with Crippen LogP contribution in [0.1, 0.15) is 17.3 Å². The molecule has 3 aromatic rings. The van der Waals surface area contributed by atoms with Gasteiger partial charge in [-0.25, -0.2) is 18.4 Å². The normalized spacial score (nSPS) is 14.7. The van der Waals surface area contributed by atoms with Crippen molar-refractivity contribution in [2.24, 2.45) is 0 Å². The lowest BCUT2D eigenvalue weighted by Crippen LogP contribution is -2.51. The molecule has 27 heavy (non-hydrogen) atoms. The number of benzene rings is 1. The van der Waals surface area contributed by atoms with Gasteiger partial charge < -0.3 is 4.90 Å². The van der Waals surface area contributed by atoms with Crippen LogP contribution in [0.4, 0.5) is 8.78 Å². The van der Waals surface area contributed by atoms with Crippen molar-refractivity contribution in [1.82, 2.24) is 19.7 Å². The average molecular weight is 366 g/mol. The van der Waals surface area contributed by atoms with Gasteiger partial charge in [0, 0.05) is 24.7 Å². The Kier molecular flexibility index (Phi) is 4.27. The highest BCUT2D eigenvalue weighted by molar-refractivity contribution is 5.91. The van der Waals surface area contributed by atoms with Crippen LogP contribution < -0.4 is 0 Å². The van der Waals surface area contributed by atoms with Crippen LogP contribution in [0.25, 0.3) is 23.2 Å². The number of amides is 1. The van der Waals surface area contributed by atoms with Gasteiger partial charge in [-0.05, 0) is 35.9 Å². The molecule has 1 aliphatic rings. The molecule has 0 aliphatic carbocycles. The molecule has 1 aliphatic heterocycles. The molecular formula is C20H16F2N4O. The monoisotopic (exact) mass is 366 g/mol. The van der Waals surface area contributed by atoms with Crippen molar-refractivity contribution in [2.75, 3.05) is 13.1 Å². The fraction of sp³-hybridized carbons (Fsp3) is 0.150. The highest BCUT2D eigenvalue weighted by Gasteiger charge is 2.35. The summed E-state index contributed by atoms with van der Waals surface area (Å²) in [6.45, 7) is 3.76. The highest BCUT2D eigenvalue weighted by Crippen LogP contribution is 2.28. The number of likely N-dealkylation sites (tertiary alicyclic amines) is 1. The first-order chi connectivity index (χ1) is 13.0. The third-order valence-electron chi connectivity index (χ3n) is 4.53. The van der Waals surface area contributed by atoms with E-state index < -0.39 is 11.7 Å².